The summed E-state index contributed by atoms with van der Waals surface area (Å²) in [6.07, 6.45) is 0.292. The van der Waals surface area contributed by atoms with Gasteiger partial charge in [0, 0.05) is 34.9 Å². The van der Waals surface area contributed by atoms with Crippen LogP contribution in [0.1, 0.15) is 24.9 Å². The van der Waals surface area contributed by atoms with Crippen molar-refractivity contribution in [3.05, 3.63) is 63.2 Å². The number of nitro groups is 1. The van der Waals surface area contributed by atoms with Crippen molar-refractivity contribution in [3.8, 4) is 5.75 Å². The lowest BCUT2D eigenvalue weighted by atomic mass is 10.0. The Bertz CT molecular complexity index is 1010. The van der Waals surface area contributed by atoms with Crippen LogP contribution in [0.5, 0.6) is 5.75 Å². The molecule has 0 amide bonds. The molecule has 1 N–H and O–H groups in total. The number of hydrogen-bond acceptors (Lipinski definition) is 6. The standard InChI is InChI=1S/C16H14ClN3O5S/c1-10-8-15(14-9-11(17)2-7-16(14)21)19(18-10)26(24,25)13-5-3-12(4-6-13)20(22)23/h2-7,9,15,21H,8H2,1H3. The van der Waals surface area contributed by atoms with Gasteiger partial charge in [0.2, 0.25) is 0 Å². The molecule has 0 saturated carbocycles. The molecule has 2 aromatic rings. The predicted octanol–water partition coefficient (Wildman–Crippen LogP) is 3.47. The third-order valence-corrected chi connectivity index (χ3v) is 5.90. The summed E-state index contributed by atoms with van der Waals surface area (Å²) in [5.74, 6) is -0.0896. The minimum absolute atomic E-state index is 0.0896. The maximum Gasteiger partial charge on any atom is 0.279 e. The molecule has 0 spiro atoms. The van der Waals surface area contributed by atoms with E-state index >= 15 is 0 Å². The van der Waals surface area contributed by atoms with Gasteiger partial charge >= 0.3 is 0 Å². The summed E-state index contributed by atoms with van der Waals surface area (Å²) in [7, 11) is -4.07. The summed E-state index contributed by atoms with van der Waals surface area (Å²) in [5, 5.41) is 25.3. The van der Waals surface area contributed by atoms with Crippen molar-refractivity contribution in [2.45, 2.75) is 24.3 Å². The molecule has 1 aliphatic rings. The largest absolute Gasteiger partial charge is 0.508 e. The molecule has 1 atom stereocenters. The fourth-order valence-corrected chi connectivity index (χ4v) is 4.37. The van der Waals surface area contributed by atoms with Gasteiger partial charge in [-0.3, -0.25) is 10.1 Å². The first-order valence-corrected chi connectivity index (χ1v) is 9.33. The molecule has 0 aliphatic carbocycles. The van der Waals surface area contributed by atoms with Crippen molar-refractivity contribution in [2.24, 2.45) is 5.10 Å². The van der Waals surface area contributed by atoms with Crippen LogP contribution in [-0.2, 0) is 10.0 Å². The normalized spacial score (nSPS) is 17.2. The van der Waals surface area contributed by atoms with Gasteiger partial charge in [-0.05, 0) is 37.3 Å². The van der Waals surface area contributed by atoms with Crippen molar-refractivity contribution in [1.82, 2.24) is 4.41 Å². The first-order valence-electron chi connectivity index (χ1n) is 7.51. The number of sulfonamides is 1. The Balaban J connectivity index is 2.04. The molecule has 1 heterocycles. The molecule has 1 aliphatic heterocycles. The molecule has 136 valence electrons. The van der Waals surface area contributed by atoms with Gasteiger partial charge in [-0.2, -0.15) is 17.9 Å². The summed E-state index contributed by atoms with van der Waals surface area (Å²) >= 11 is 5.98. The lowest BCUT2D eigenvalue weighted by Crippen LogP contribution is -2.27. The van der Waals surface area contributed by atoms with Gasteiger partial charge in [-0.1, -0.05) is 11.6 Å². The molecule has 26 heavy (non-hydrogen) atoms. The Hall–Kier alpha value is -2.65. The smallest absolute Gasteiger partial charge is 0.279 e. The number of hydrogen-bond donors (Lipinski definition) is 1. The fraction of sp³-hybridized carbons (Fsp3) is 0.188. The highest BCUT2D eigenvalue weighted by Gasteiger charge is 2.37. The van der Waals surface area contributed by atoms with E-state index in [-0.39, 0.29) is 16.3 Å². The number of phenolic OH excluding ortho intramolecular Hbond substituents is 1. The highest BCUT2D eigenvalue weighted by molar-refractivity contribution is 7.89. The van der Waals surface area contributed by atoms with E-state index in [4.69, 9.17) is 11.6 Å². The second-order valence-corrected chi connectivity index (χ2v) is 8.02. The van der Waals surface area contributed by atoms with E-state index in [0.717, 1.165) is 28.7 Å². The number of halogens is 1. The van der Waals surface area contributed by atoms with Crippen molar-refractivity contribution < 1.29 is 18.4 Å². The summed E-state index contributed by atoms with van der Waals surface area (Å²) in [5.41, 5.74) is 0.692. The van der Waals surface area contributed by atoms with Gasteiger partial charge < -0.3 is 5.11 Å². The van der Waals surface area contributed by atoms with Crippen LogP contribution in [0.4, 0.5) is 5.69 Å². The second kappa shape index (κ2) is 6.58. The van der Waals surface area contributed by atoms with E-state index in [0.29, 0.717) is 22.7 Å². The number of nitro benzene ring substituents is 1. The van der Waals surface area contributed by atoms with E-state index < -0.39 is 21.0 Å². The zero-order valence-corrected chi connectivity index (χ0v) is 15.1. The first-order chi connectivity index (χ1) is 12.2. The molecule has 0 fully saturated rings. The lowest BCUT2D eigenvalue weighted by molar-refractivity contribution is -0.384. The summed E-state index contributed by atoms with van der Waals surface area (Å²) < 4.78 is 26.9. The molecule has 0 aromatic heterocycles. The maximum absolute atomic E-state index is 13.0. The Kier molecular flexibility index (Phi) is 4.59. The number of benzene rings is 2. The van der Waals surface area contributed by atoms with Crippen LogP contribution in [0.3, 0.4) is 0 Å². The fourth-order valence-electron chi connectivity index (χ4n) is 2.73. The zero-order valence-electron chi connectivity index (χ0n) is 13.5. The quantitative estimate of drug-likeness (QED) is 0.629. The molecule has 0 saturated heterocycles. The van der Waals surface area contributed by atoms with Crippen LogP contribution in [0.15, 0.2) is 52.5 Å². The van der Waals surface area contributed by atoms with Gasteiger partial charge in [-0.15, -0.1) is 0 Å². The summed E-state index contributed by atoms with van der Waals surface area (Å²) in [6.45, 7) is 1.68. The van der Waals surface area contributed by atoms with Crippen LogP contribution >= 0.6 is 11.6 Å². The monoisotopic (exact) mass is 395 g/mol. The number of rotatable bonds is 4. The first kappa shape index (κ1) is 18.2. The minimum atomic E-state index is -4.07. The highest BCUT2D eigenvalue weighted by atomic mass is 35.5. The van der Waals surface area contributed by atoms with Crippen LogP contribution in [0.2, 0.25) is 5.02 Å². The molecule has 2 aromatic carbocycles. The minimum Gasteiger partial charge on any atom is -0.508 e. The van der Waals surface area contributed by atoms with Crippen molar-refractivity contribution in [2.75, 3.05) is 0 Å². The van der Waals surface area contributed by atoms with E-state index in [1.165, 1.54) is 18.2 Å². The number of non-ortho nitro benzene ring substituents is 1. The number of nitrogens with zero attached hydrogens (tertiary/aromatic N) is 3. The van der Waals surface area contributed by atoms with Gasteiger partial charge in [0.1, 0.15) is 5.75 Å². The van der Waals surface area contributed by atoms with Gasteiger partial charge in [-0.25, -0.2) is 0 Å². The Morgan fingerprint density at radius 3 is 2.54 bits per heavy atom. The van der Waals surface area contributed by atoms with Crippen LogP contribution in [0.25, 0.3) is 0 Å². The van der Waals surface area contributed by atoms with Gasteiger partial charge in [0.05, 0.1) is 15.9 Å². The molecule has 3 rings (SSSR count). The Morgan fingerprint density at radius 2 is 1.92 bits per heavy atom. The van der Waals surface area contributed by atoms with Crippen molar-refractivity contribution in [3.63, 3.8) is 0 Å². The lowest BCUT2D eigenvalue weighted by Gasteiger charge is -2.24. The van der Waals surface area contributed by atoms with Crippen LogP contribution in [-0.4, -0.2) is 28.6 Å². The molecule has 1 unspecified atom stereocenters. The zero-order chi connectivity index (χ0) is 19.1. The van der Waals surface area contributed by atoms with E-state index in [1.807, 2.05) is 0 Å². The second-order valence-electron chi connectivity index (χ2n) is 5.79. The third kappa shape index (κ3) is 3.23. The van der Waals surface area contributed by atoms with Crippen molar-refractivity contribution in [1.29, 1.82) is 0 Å². The van der Waals surface area contributed by atoms with E-state index in [1.54, 1.807) is 6.92 Å². The number of phenols is 1. The molecule has 8 nitrogen and oxygen atoms in total. The maximum atomic E-state index is 13.0. The van der Waals surface area contributed by atoms with Gasteiger partial charge in [0.15, 0.2) is 0 Å². The predicted molar refractivity (Wildman–Crippen MR) is 95.7 cm³/mol. The molecule has 10 heteroatoms. The summed E-state index contributed by atoms with van der Waals surface area (Å²) in [6, 6.07) is 8.18. The van der Waals surface area contributed by atoms with Crippen LogP contribution in [0, 0.1) is 10.1 Å². The van der Waals surface area contributed by atoms with Gasteiger partial charge in [0.25, 0.3) is 15.7 Å². The average molecular weight is 396 g/mol. The molecule has 0 bridgehead atoms. The third-order valence-electron chi connectivity index (χ3n) is 3.96. The van der Waals surface area contributed by atoms with E-state index in [2.05, 4.69) is 5.10 Å². The number of aromatic hydroxyl groups is 1. The Labute approximate surface area is 154 Å². The molecular formula is C16H14ClN3O5S. The Morgan fingerprint density at radius 1 is 1.27 bits per heavy atom. The molecular weight excluding hydrogens is 382 g/mol. The molecule has 0 radical (unpaired) electrons. The average Bonchev–Trinajstić information content (AvgIpc) is 2.99. The topological polar surface area (TPSA) is 113 Å². The van der Waals surface area contributed by atoms with E-state index in [9.17, 15) is 23.6 Å². The number of hydrazone groups is 1. The summed E-state index contributed by atoms with van der Waals surface area (Å²) in [4.78, 5) is 10.0. The van der Waals surface area contributed by atoms with Crippen molar-refractivity contribution >= 4 is 33.0 Å². The van der Waals surface area contributed by atoms with Crippen LogP contribution < -0.4 is 0 Å². The SMILES string of the molecule is CC1=NN(S(=O)(=O)c2ccc([N+](=O)[O-])cc2)C(c2cc(Cl)ccc2O)C1. The highest BCUT2D eigenvalue weighted by Crippen LogP contribution is 2.40.